The van der Waals surface area contributed by atoms with E-state index in [9.17, 15) is 24.3 Å². The predicted octanol–water partition coefficient (Wildman–Crippen LogP) is 5.50. The Morgan fingerprint density at radius 1 is 0.935 bits per heavy atom. The number of aromatic nitrogens is 1. The van der Waals surface area contributed by atoms with E-state index in [4.69, 9.17) is 32.0 Å². The zero-order valence-corrected chi connectivity index (χ0v) is 27.0. The lowest BCUT2D eigenvalue weighted by Gasteiger charge is -2.49. The van der Waals surface area contributed by atoms with Crippen molar-refractivity contribution in [3.63, 3.8) is 0 Å². The molecule has 3 fully saturated rings. The summed E-state index contributed by atoms with van der Waals surface area (Å²) < 4.78 is 11.8. The molecular weight excluding hydrogens is 701 g/mol. The van der Waals surface area contributed by atoms with Crippen LogP contribution in [0.2, 0.25) is 0 Å². The van der Waals surface area contributed by atoms with Crippen molar-refractivity contribution in [2.45, 2.75) is 35.1 Å². The first-order chi connectivity index (χ1) is 22.1. The van der Waals surface area contributed by atoms with Gasteiger partial charge in [0.15, 0.2) is 15.3 Å². The van der Waals surface area contributed by atoms with Crippen LogP contribution < -0.4 is 4.90 Å². The van der Waals surface area contributed by atoms with E-state index >= 15 is 0 Å². The first-order valence-corrected chi connectivity index (χ1v) is 16.5. The van der Waals surface area contributed by atoms with Crippen LogP contribution in [0.4, 0.5) is 5.69 Å². The number of para-hydroxylation sites is 2. The lowest BCUT2D eigenvalue weighted by atomic mass is 9.57. The summed E-state index contributed by atoms with van der Waals surface area (Å²) in [6, 6.07) is 17.4. The summed E-state index contributed by atoms with van der Waals surface area (Å²) in [7, 11) is 0. The van der Waals surface area contributed by atoms with Crippen molar-refractivity contribution < 1.29 is 33.1 Å². The maximum atomic E-state index is 14.3. The van der Waals surface area contributed by atoms with E-state index in [1.807, 2.05) is 30.3 Å². The fourth-order valence-electron chi connectivity index (χ4n) is 7.70. The van der Waals surface area contributed by atoms with Gasteiger partial charge in [-0.15, -0.1) is 23.2 Å². The highest BCUT2D eigenvalue weighted by Gasteiger charge is 2.76. The molecule has 13 heteroatoms. The van der Waals surface area contributed by atoms with Crippen LogP contribution in [0.3, 0.4) is 0 Å². The second-order valence-electron chi connectivity index (χ2n) is 12.0. The van der Waals surface area contributed by atoms with Gasteiger partial charge in [0.2, 0.25) is 17.7 Å². The normalized spacial score (nSPS) is 30.6. The minimum Gasteiger partial charge on any atom is -0.463 e. The van der Waals surface area contributed by atoms with Gasteiger partial charge in [-0.1, -0.05) is 39.7 Å². The van der Waals surface area contributed by atoms with E-state index in [0.29, 0.717) is 33.8 Å². The Labute approximate surface area is 280 Å². The first kappa shape index (κ1) is 29.6. The van der Waals surface area contributed by atoms with Crippen LogP contribution >= 0.6 is 39.1 Å². The molecule has 2 aliphatic heterocycles. The van der Waals surface area contributed by atoms with Crippen LogP contribution in [0.25, 0.3) is 22.6 Å². The Bertz CT molecular complexity index is 1970. The molecule has 0 bridgehead atoms. The average molecular weight is 725 g/mol. The Morgan fingerprint density at radius 3 is 2.39 bits per heavy atom. The van der Waals surface area contributed by atoms with Crippen LogP contribution in [0, 0.1) is 17.8 Å². The predicted molar refractivity (Wildman–Crippen MR) is 170 cm³/mol. The van der Waals surface area contributed by atoms with Gasteiger partial charge in [0, 0.05) is 5.56 Å². The molecule has 4 amide bonds. The number of benzene rings is 2. The molecule has 2 aromatic heterocycles. The number of likely N-dealkylation sites (tertiary alicyclic amines) is 1. The van der Waals surface area contributed by atoms with Crippen LogP contribution in [-0.2, 0) is 25.8 Å². The number of aliphatic hydroxyl groups is 1. The van der Waals surface area contributed by atoms with Gasteiger partial charge < -0.3 is 13.9 Å². The molecule has 8 rings (SSSR count). The molecule has 46 heavy (non-hydrogen) atoms. The maximum absolute atomic E-state index is 14.3. The SMILES string of the molecule is O=C1[C@H]2[C@H](CC=C3[C@H]2C[C@@]2(Cl)C(=O)N(CBr)C(=O)[C@@]2(Cl)[C@H]3c2ccc(CO)o2)C(=O)N1c1ccc(-c2nc3ccccc3o2)cc1. The number of halogens is 3. The third-order valence-corrected chi connectivity index (χ3v) is 11.7. The third-order valence-electron chi connectivity index (χ3n) is 9.80. The molecule has 10 nitrogen and oxygen atoms in total. The van der Waals surface area contributed by atoms with E-state index in [-0.39, 0.29) is 35.7 Å². The molecule has 1 saturated carbocycles. The summed E-state index contributed by atoms with van der Waals surface area (Å²) in [5, 5.41) is 9.70. The van der Waals surface area contributed by atoms with Crippen molar-refractivity contribution in [1.82, 2.24) is 9.88 Å². The van der Waals surface area contributed by atoms with Gasteiger partial charge in [-0.3, -0.25) is 29.0 Å². The van der Waals surface area contributed by atoms with Gasteiger partial charge in [-0.25, -0.2) is 4.98 Å². The van der Waals surface area contributed by atoms with Gasteiger partial charge >= 0.3 is 0 Å². The fourth-order valence-corrected chi connectivity index (χ4v) is 9.11. The number of anilines is 1. The van der Waals surface area contributed by atoms with Gasteiger partial charge in [0.25, 0.3) is 11.8 Å². The number of alkyl halides is 3. The monoisotopic (exact) mass is 723 g/mol. The number of hydrogen-bond acceptors (Lipinski definition) is 8. The summed E-state index contributed by atoms with van der Waals surface area (Å²) in [5.74, 6) is -4.55. The Kier molecular flexibility index (Phi) is 6.68. The molecule has 0 spiro atoms. The van der Waals surface area contributed by atoms with Gasteiger partial charge in [-0.05, 0) is 67.3 Å². The molecule has 0 unspecified atom stereocenters. The summed E-state index contributed by atoms with van der Waals surface area (Å²) in [4.78, 5) is 58.5. The second-order valence-corrected chi connectivity index (χ2v) is 13.7. The van der Waals surface area contributed by atoms with Crippen molar-refractivity contribution in [3.05, 3.63) is 83.8 Å². The number of furan rings is 1. The molecule has 2 saturated heterocycles. The van der Waals surface area contributed by atoms with E-state index in [0.717, 1.165) is 4.90 Å². The largest absolute Gasteiger partial charge is 0.463 e. The molecule has 234 valence electrons. The Hall–Kier alpha value is -3.77. The number of fused-ring (bicyclic) bond motifs is 5. The highest BCUT2D eigenvalue weighted by atomic mass is 79.9. The summed E-state index contributed by atoms with van der Waals surface area (Å²) in [6.07, 6.45) is 1.92. The van der Waals surface area contributed by atoms with E-state index < -0.39 is 57.7 Å². The number of imide groups is 2. The van der Waals surface area contributed by atoms with Gasteiger partial charge in [0.05, 0.1) is 28.9 Å². The van der Waals surface area contributed by atoms with Gasteiger partial charge in [-0.2, -0.15) is 0 Å². The number of rotatable bonds is 5. The molecule has 4 aromatic rings. The minimum absolute atomic E-state index is 0.124. The summed E-state index contributed by atoms with van der Waals surface area (Å²) in [6.45, 7) is -0.394. The zero-order valence-electron chi connectivity index (χ0n) is 23.9. The van der Waals surface area contributed by atoms with Crippen molar-refractivity contribution in [1.29, 1.82) is 0 Å². The molecule has 2 aliphatic carbocycles. The number of carbonyl (C=O) groups excluding carboxylic acids is 4. The van der Waals surface area contributed by atoms with Crippen LogP contribution in [-0.4, -0.2) is 53.8 Å². The number of carbonyl (C=O) groups is 4. The molecule has 2 aromatic carbocycles. The standard InChI is InChI=1S/C33H24BrCl2N3O7/c34-15-38-30(43)32(35)13-21-19(26(33(32,36)31(38)44)24-12-9-18(14-40)45-24)10-11-20-25(21)29(42)39(28(20)41)17-7-5-16(6-8-17)27-37-22-3-1-2-4-23(22)46-27/h1-10,12,20-21,25-26,40H,11,13-15H2/t20-,21+,25-,26+,32+,33-/m0/s1. The van der Waals surface area contributed by atoms with Crippen molar-refractivity contribution in [2.24, 2.45) is 17.8 Å². The van der Waals surface area contributed by atoms with Crippen molar-refractivity contribution in [3.8, 4) is 11.5 Å². The topological polar surface area (TPSA) is 134 Å². The third kappa shape index (κ3) is 3.82. The first-order valence-electron chi connectivity index (χ1n) is 14.7. The highest BCUT2D eigenvalue weighted by molar-refractivity contribution is 9.09. The fraction of sp³-hybridized carbons (Fsp3) is 0.303. The number of allylic oxidation sites excluding steroid dienone is 2. The molecular formula is C33H24BrCl2N3O7. The van der Waals surface area contributed by atoms with Crippen LogP contribution in [0.1, 0.15) is 30.3 Å². The second kappa shape index (κ2) is 10.4. The van der Waals surface area contributed by atoms with E-state index in [1.165, 1.54) is 4.90 Å². The lowest BCUT2D eigenvalue weighted by molar-refractivity contribution is -0.138. The number of oxazole rings is 1. The summed E-state index contributed by atoms with van der Waals surface area (Å²) in [5.41, 5.74) is 2.92. The number of nitrogens with zero attached hydrogens (tertiary/aromatic N) is 3. The molecule has 4 heterocycles. The average Bonchev–Trinajstić information content (AvgIpc) is 3.80. The molecule has 1 N–H and O–H groups in total. The highest BCUT2D eigenvalue weighted by Crippen LogP contribution is 2.65. The van der Waals surface area contributed by atoms with Crippen LogP contribution in [0.15, 0.2) is 81.1 Å². The van der Waals surface area contributed by atoms with E-state index in [1.54, 1.807) is 36.4 Å². The van der Waals surface area contributed by atoms with Crippen molar-refractivity contribution >= 4 is 79.5 Å². The number of aliphatic hydroxyl groups excluding tert-OH is 1. The smallest absolute Gasteiger partial charge is 0.254 e. The molecule has 6 atom stereocenters. The summed E-state index contributed by atoms with van der Waals surface area (Å²) >= 11 is 17.6. The van der Waals surface area contributed by atoms with Crippen LogP contribution in [0.5, 0.6) is 0 Å². The molecule has 0 radical (unpaired) electrons. The van der Waals surface area contributed by atoms with Gasteiger partial charge in [0.1, 0.15) is 23.6 Å². The number of hydrogen-bond donors (Lipinski definition) is 1. The van der Waals surface area contributed by atoms with Crippen molar-refractivity contribution in [2.75, 3.05) is 10.4 Å². The Balaban J connectivity index is 1.17. The lowest BCUT2D eigenvalue weighted by Crippen LogP contribution is -2.60. The Morgan fingerprint density at radius 2 is 1.70 bits per heavy atom. The zero-order chi connectivity index (χ0) is 32.1. The van der Waals surface area contributed by atoms with E-state index in [2.05, 4.69) is 20.9 Å². The number of amides is 4. The maximum Gasteiger partial charge on any atom is 0.254 e. The quantitative estimate of drug-likeness (QED) is 0.124. The minimum atomic E-state index is -1.97. The molecule has 4 aliphatic rings.